The van der Waals surface area contributed by atoms with E-state index in [1.807, 2.05) is 122 Å². The molecule has 0 spiro atoms. The minimum Gasteiger partial charge on any atom is -0.507 e. The van der Waals surface area contributed by atoms with Gasteiger partial charge in [-0.3, -0.25) is 29.5 Å². The summed E-state index contributed by atoms with van der Waals surface area (Å²) in [4.78, 5) is 60.8. The number of aryl methyl sites for hydroxylation is 1. The average molecular weight is 694 g/mol. The first-order valence-corrected chi connectivity index (χ1v) is 18.2. The molecule has 51 heavy (non-hydrogen) atoms. The Morgan fingerprint density at radius 1 is 0.824 bits per heavy atom. The highest BCUT2D eigenvalue weighted by Gasteiger charge is 2.70. The van der Waals surface area contributed by atoms with Crippen molar-refractivity contribution in [2.24, 2.45) is 23.7 Å². The third kappa shape index (κ3) is 4.57. The number of amides is 4. The van der Waals surface area contributed by atoms with Gasteiger partial charge < -0.3 is 5.11 Å². The summed E-state index contributed by atoms with van der Waals surface area (Å²) in [5, 5.41) is 16.7. The van der Waals surface area contributed by atoms with Gasteiger partial charge in [-0.1, -0.05) is 102 Å². The van der Waals surface area contributed by atoms with E-state index in [2.05, 4.69) is 5.43 Å². The van der Waals surface area contributed by atoms with Gasteiger partial charge in [0.25, 0.3) is 11.8 Å². The maximum absolute atomic E-state index is 15.4. The SMILES string of the molecule is Cc1ccc(NN2C(=O)[C@@H]3C[C@@H]4C(=CC[C@@H]5C(=O)N(Cc6cccs6)C(=O)[C@@H]54)[C@H](c4ccc5ccccc5c4O)[C@]3(c3ccccc3)C2=O)cc1. The second-order valence-corrected chi connectivity index (χ2v) is 15.2. The lowest BCUT2D eigenvalue weighted by Crippen LogP contribution is -2.53. The smallest absolute Gasteiger partial charge is 0.260 e. The largest absolute Gasteiger partial charge is 0.507 e. The number of hydrazine groups is 1. The molecule has 0 unspecified atom stereocenters. The molecule has 2 aliphatic carbocycles. The van der Waals surface area contributed by atoms with Crippen LogP contribution in [0.3, 0.4) is 0 Å². The van der Waals surface area contributed by atoms with Crippen LogP contribution in [-0.2, 0) is 31.1 Å². The van der Waals surface area contributed by atoms with Gasteiger partial charge in [-0.15, -0.1) is 11.3 Å². The number of aromatic hydroxyl groups is 1. The first-order chi connectivity index (χ1) is 24.8. The van der Waals surface area contributed by atoms with Crippen molar-refractivity contribution in [2.75, 3.05) is 5.43 Å². The van der Waals surface area contributed by atoms with Crippen LogP contribution >= 0.6 is 11.3 Å². The fraction of sp³-hybridized carbons (Fsp3) is 0.238. The van der Waals surface area contributed by atoms with Gasteiger partial charge in [0.05, 0.1) is 35.4 Å². The molecule has 0 radical (unpaired) electrons. The molecule has 1 aromatic heterocycles. The minimum atomic E-state index is -1.45. The summed E-state index contributed by atoms with van der Waals surface area (Å²) >= 11 is 1.50. The predicted molar refractivity (Wildman–Crippen MR) is 194 cm³/mol. The normalized spacial score (nSPS) is 27.0. The Morgan fingerprint density at radius 3 is 2.35 bits per heavy atom. The number of phenols is 1. The molecular weight excluding hydrogens is 659 g/mol. The van der Waals surface area contributed by atoms with Gasteiger partial charge in [0.2, 0.25) is 11.8 Å². The van der Waals surface area contributed by atoms with Crippen molar-refractivity contribution in [1.29, 1.82) is 0 Å². The Kier molecular flexibility index (Phi) is 7.26. The summed E-state index contributed by atoms with van der Waals surface area (Å²) in [6, 6.07) is 32.0. The highest BCUT2D eigenvalue weighted by atomic mass is 32.1. The maximum Gasteiger partial charge on any atom is 0.260 e. The highest BCUT2D eigenvalue weighted by molar-refractivity contribution is 7.09. The second-order valence-electron chi connectivity index (χ2n) is 14.2. The maximum atomic E-state index is 15.4. The fourth-order valence-corrected chi connectivity index (χ4v) is 10.1. The number of carbonyl (C=O) groups is 4. The van der Waals surface area contributed by atoms with Gasteiger partial charge in [-0.2, -0.15) is 5.01 Å². The van der Waals surface area contributed by atoms with Crippen molar-refractivity contribution in [3.8, 4) is 5.75 Å². The van der Waals surface area contributed by atoms with Crippen LogP contribution in [0.1, 0.15) is 40.3 Å². The number of hydrogen-bond acceptors (Lipinski definition) is 7. The lowest BCUT2D eigenvalue weighted by molar-refractivity contribution is -0.141. The van der Waals surface area contributed by atoms with Gasteiger partial charge in [0, 0.05) is 21.7 Å². The zero-order chi connectivity index (χ0) is 35.0. The van der Waals surface area contributed by atoms with Gasteiger partial charge in [0.15, 0.2) is 0 Å². The van der Waals surface area contributed by atoms with E-state index in [-0.39, 0.29) is 30.5 Å². The Hall–Kier alpha value is -5.54. The standard InChI is InChI=1S/C42H35N3O5S/c1-24-13-16-27(17-14-24)43-45-39(48)34-22-33-30(19-20-31-35(33)40(49)44(38(31)47)23-28-11-7-21-51-28)36(42(34,41(45)50)26-9-3-2-4-10-26)32-18-15-25-8-5-6-12-29(25)37(32)46/h2-19,21,31,33-36,43,46H,20,22-23H2,1H3/t31-,33+,34-,35-,36+,42+/m0/s1. The number of hydrogen-bond donors (Lipinski definition) is 2. The number of nitrogens with zero attached hydrogens (tertiary/aromatic N) is 2. The van der Waals surface area contributed by atoms with Crippen LogP contribution in [0, 0.1) is 30.6 Å². The molecule has 0 bridgehead atoms. The Bertz CT molecular complexity index is 2270. The van der Waals surface area contributed by atoms with Crippen LogP contribution < -0.4 is 5.43 Å². The van der Waals surface area contributed by atoms with Crippen molar-refractivity contribution in [3.05, 3.63) is 142 Å². The summed E-state index contributed by atoms with van der Waals surface area (Å²) in [5.41, 5.74) is 5.31. The number of allylic oxidation sites excluding steroid dienone is 2. The molecule has 9 rings (SSSR count). The zero-order valence-corrected chi connectivity index (χ0v) is 28.7. The Labute approximate surface area is 299 Å². The third-order valence-electron chi connectivity index (χ3n) is 11.6. The van der Waals surface area contributed by atoms with Crippen molar-refractivity contribution in [1.82, 2.24) is 9.91 Å². The van der Waals surface area contributed by atoms with Crippen LogP contribution in [0.15, 0.2) is 120 Å². The molecule has 3 fully saturated rings. The molecule has 5 aromatic rings. The van der Waals surface area contributed by atoms with Crippen molar-refractivity contribution in [3.63, 3.8) is 0 Å². The lowest BCUT2D eigenvalue weighted by atomic mass is 9.49. The number of anilines is 1. The predicted octanol–water partition coefficient (Wildman–Crippen LogP) is 7.10. The van der Waals surface area contributed by atoms with Gasteiger partial charge >= 0.3 is 0 Å². The van der Waals surface area contributed by atoms with Crippen LogP contribution in [0.5, 0.6) is 5.75 Å². The van der Waals surface area contributed by atoms with Crippen molar-refractivity contribution in [2.45, 2.75) is 37.6 Å². The molecule has 1 saturated carbocycles. The molecule has 2 N–H and O–H groups in total. The summed E-state index contributed by atoms with van der Waals surface area (Å²) in [5.74, 6) is -4.66. The monoisotopic (exact) mass is 693 g/mol. The summed E-state index contributed by atoms with van der Waals surface area (Å²) in [6.45, 7) is 2.18. The van der Waals surface area contributed by atoms with E-state index in [4.69, 9.17) is 0 Å². The van der Waals surface area contributed by atoms with Crippen LogP contribution in [0.25, 0.3) is 10.8 Å². The third-order valence-corrected chi connectivity index (χ3v) is 12.5. The number of rotatable bonds is 6. The number of imide groups is 2. The fourth-order valence-electron chi connectivity index (χ4n) is 9.38. The van der Waals surface area contributed by atoms with Crippen LogP contribution in [0.4, 0.5) is 5.69 Å². The van der Waals surface area contributed by atoms with Crippen molar-refractivity contribution < 1.29 is 24.3 Å². The first kappa shape index (κ1) is 31.4. The molecule has 8 nitrogen and oxygen atoms in total. The Balaban J connectivity index is 1.25. The van der Waals surface area contributed by atoms with Crippen LogP contribution in [-0.4, -0.2) is 38.6 Å². The highest BCUT2D eigenvalue weighted by Crippen LogP contribution is 2.65. The first-order valence-electron chi connectivity index (χ1n) is 17.3. The molecule has 2 aliphatic heterocycles. The van der Waals surface area contributed by atoms with E-state index in [1.54, 1.807) is 0 Å². The molecule has 254 valence electrons. The number of likely N-dealkylation sites (tertiary alicyclic amines) is 1. The van der Waals surface area contributed by atoms with E-state index in [1.165, 1.54) is 16.2 Å². The van der Waals surface area contributed by atoms with Gasteiger partial charge in [0.1, 0.15) is 5.75 Å². The zero-order valence-electron chi connectivity index (χ0n) is 27.9. The molecule has 2 saturated heterocycles. The molecule has 6 atom stereocenters. The van der Waals surface area contributed by atoms with Crippen molar-refractivity contribution >= 4 is 51.4 Å². The lowest BCUT2D eigenvalue weighted by Gasteiger charge is -2.50. The molecule has 4 aliphatic rings. The number of benzene rings is 4. The topological polar surface area (TPSA) is 107 Å². The summed E-state index contributed by atoms with van der Waals surface area (Å²) < 4.78 is 0. The number of carbonyl (C=O) groups excluding carboxylic acids is 4. The van der Waals surface area contributed by atoms with E-state index in [9.17, 15) is 19.5 Å². The van der Waals surface area contributed by atoms with E-state index in [0.717, 1.165) is 26.4 Å². The Morgan fingerprint density at radius 2 is 1.59 bits per heavy atom. The van der Waals surface area contributed by atoms with E-state index in [0.29, 0.717) is 28.6 Å². The minimum absolute atomic E-state index is 0.0363. The molecule has 9 heteroatoms. The molecule has 4 amide bonds. The summed E-state index contributed by atoms with van der Waals surface area (Å²) in [7, 11) is 0. The number of thiophene rings is 1. The number of fused-ring (bicyclic) bond motifs is 5. The van der Waals surface area contributed by atoms with Gasteiger partial charge in [-0.05, 0) is 60.2 Å². The van der Waals surface area contributed by atoms with E-state index < -0.39 is 46.8 Å². The quantitative estimate of drug-likeness (QED) is 0.145. The second kappa shape index (κ2) is 11.8. The summed E-state index contributed by atoms with van der Waals surface area (Å²) in [6.07, 6.45) is 2.56. The van der Waals surface area contributed by atoms with Gasteiger partial charge in [-0.25, -0.2) is 0 Å². The average Bonchev–Trinajstić information content (AvgIpc) is 3.82. The van der Waals surface area contributed by atoms with E-state index >= 15 is 4.79 Å². The van der Waals surface area contributed by atoms with Crippen LogP contribution in [0.2, 0.25) is 0 Å². The number of nitrogens with one attached hydrogen (secondary N) is 1. The molecule has 4 aromatic carbocycles. The molecule has 3 heterocycles. The number of phenolic OH excluding ortho intramolecular Hbond substituents is 1. The molecular formula is C42H35N3O5S.